The van der Waals surface area contributed by atoms with Gasteiger partial charge >= 0.3 is 0 Å². The number of carbonyl (C=O) groups excluding carboxylic acids is 1. The summed E-state index contributed by atoms with van der Waals surface area (Å²) in [5.74, 6) is 1.34. The van der Waals surface area contributed by atoms with Crippen LogP contribution >= 0.6 is 0 Å². The molecule has 0 atom stereocenters. The van der Waals surface area contributed by atoms with E-state index in [2.05, 4.69) is 10.3 Å². The van der Waals surface area contributed by atoms with Gasteiger partial charge in [-0.3, -0.25) is 4.79 Å². The fraction of sp³-hybridized carbons (Fsp3) is 0.167. The van der Waals surface area contributed by atoms with Crippen molar-refractivity contribution in [2.75, 3.05) is 6.79 Å². The number of fused-ring (bicyclic) bond motifs is 2. The minimum atomic E-state index is -0.127. The van der Waals surface area contributed by atoms with Crippen molar-refractivity contribution in [1.29, 1.82) is 0 Å². The first-order valence-electron chi connectivity index (χ1n) is 7.46. The van der Waals surface area contributed by atoms with Gasteiger partial charge in [-0.05, 0) is 36.2 Å². The van der Waals surface area contributed by atoms with Crippen LogP contribution in [0.5, 0.6) is 11.5 Å². The number of benzene rings is 2. The van der Waals surface area contributed by atoms with Gasteiger partial charge in [-0.1, -0.05) is 24.3 Å². The van der Waals surface area contributed by atoms with Crippen molar-refractivity contribution in [1.82, 2.24) is 10.3 Å². The van der Waals surface area contributed by atoms with Crippen LogP contribution < -0.4 is 14.8 Å². The van der Waals surface area contributed by atoms with Crippen LogP contribution in [0.2, 0.25) is 0 Å². The van der Waals surface area contributed by atoms with E-state index < -0.39 is 0 Å². The van der Waals surface area contributed by atoms with Crippen LogP contribution in [-0.2, 0) is 6.54 Å². The van der Waals surface area contributed by atoms with Crippen molar-refractivity contribution >= 4 is 16.8 Å². The van der Waals surface area contributed by atoms with Gasteiger partial charge in [-0.25, -0.2) is 0 Å². The van der Waals surface area contributed by atoms with E-state index in [1.54, 1.807) is 0 Å². The van der Waals surface area contributed by atoms with E-state index in [1.165, 1.54) is 0 Å². The monoisotopic (exact) mass is 308 g/mol. The Morgan fingerprint density at radius 2 is 2.04 bits per heavy atom. The SMILES string of the molecule is Cc1cccc2cc(C(=O)NCc3ccc4c(c3)OCO4)[nH]c12. The summed E-state index contributed by atoms with van der Waals surface area (Å²) in [5.41, 5.74) is 3.66. The summed E-state index contributed by atoms with van der Waals surface area (Å²) in [6, 6.07) is 13.5. The van der Waals surface area contributed by atoms with Gasteiger partial charge in [0.25, 0.3) is 5.91 Å². The minimum Gasteiger partial charge on any atom is -0.454 e. The topological polar surface area (TPSA) is 63.4 Å². The number of aromatic amines is 1. The average Bonchev–Trinajstić information content (AvgIpc) is 3.19. The summed E-state index contributed by atoms with van der Waals surface area (Å²) in [4.78, 5) is 15.5. The van der Waals surface area contributed by atoms with Gasteiger partial charge in [0.1, 0.15) is 5.69 Å². The van der Waals surface area contributed by atoms with Crippen molar-refractivity contribution in [3.63, 3.8) is 0 Å². The second-order valence-electron chi connectivity index (χ2n) is 5.59. The molecule has 3 aromatic rings. The van der Waals surface area contributed by atoms with E-state index in [-0.39, 0.29) is 12.7 Å². The van der Waals surface area contributed by atoms with Gasteiger partial charge in [0.2, 0.25) is 6.79 Å². The normalized spacial score (nSPS) is 12.6. The maximum Gasteiger partial charge on any atom is 0.267 e. The first kappa shape index (κ1) is 13.7. The molecule has 5 heteroatoms. The third-order valence-electron chi connectivity index (χ3n) is 4.00. The summed E-state index contributed by atoms with van der Waals surface area (Å²) in [5, 5.41) is 3.96. The molecule has 1 aliphatic heterocycles. The zero-order valence-electron chi connectivity index (χ0n) is 12.7. The molecule has 2 heterocycles. The Labute approximate surface area is 133 Å². The number of amides is 1. The molecule has 2 aromatic carbocycles. The molecule has 0 unspecified atom stereocenters. The predicted octanol–water partition coefficient (Wildman–Crippen LogP) is 3.14. The van der Waals surface area contributed by atoms with E-state index in [4.69, 9.17) is 9.47 Å². The lowest BCUT2D eigenvalue weighted by molar-refractivity contribution is 0.0946. The molecule has 0 spiro atoms. The second kappa shape index (κ2) is 5.35. The molecule has 0 saturated heterocycles. The van der Waals surface area contributed by atoms with Gasteiger partial charge in [0.15, 0.2) is 11.5 Å². The number of hydrogen-bond acceptors (Lipinski definition) is 3. The van der Waals surface area contributed by atoms with Crippen molar-refractivity contribution in [2.45, 2.75) is 13.5 Å². The second-order valence-corrected chi connectivity index (χ2v) is 5.59. The molecule has 1 aromatic heterocycles. The first-order chi connectivity index (χ1) is 11.2. The standard InChI is InChI=1S/C18H16N2O3/c1-11-3-2-4-13-8-14(20-17(11)13)18(21)19-9-12-5-6-15-16(7-12)23-10-22-15/h2-8,20H,9-10H2,1H3,(H,19,21). The number of ether oxygens (including phenoxy) is 2. The lowest BCUT2D eigenvalue weighted by atomic mass is 10.2. The fourth-order valence-corrected chi connectivity index (χ4v) is 2.76. The van der Waals surface area contributed by atoms with Crippen LogP contribution in [0.25, 0.3) is 10.9 Å². The summed E-state index contributed by atoms with van der Waals surface area (Å²) in [6.45, 7) is 2.70. The largest absolute Gasteiger partial charge is 0.454 e. The molecule has 1 amide bonds. The van der Waals surface area contributed by atoms with Gasteiger partial charge in [0.05, 0.1) is 0 Å². The highest BCUT2D eigenvalue weighted by atomic mass is 16.7. The molecule has 116 valence electrons. The lowest BCUT2D eigenvalue weighted by Crippen LogP contribution is -2.23. The summed E-state index contributed by atoms with van der Waals surface area (Å²) >= 11 is 0. The minimum absolute atomic E-state index is 0.127. The lowest BCUT2D eigenvalue weighted by Gasteiger charge is -2.05. The predicted molar refractivity (Wildman–Crippen MR) is 86.8 cm³/mol. The molecular formula is C18H16N2O3. The number of para-hydroxylation sites is 1. The van der Waals surface area contributed by atoms with Crippen LogP contribution in [0.1, 0.15) is 21.6 Å². The molecule has 1 aliphatic rings. The highest BCUT2D eigenvalue weighted by Gasteiger charge is 2.14. The van der Waals surface area contributed by atoms with Gasteiger partial charge in [-0.15, -0.1) is 0 Å². The van der Waals surface area contributed by atoms with Crippen molar-refractivity contribution in [2.24, 2.45) is 0 Å². The van der Waals surface area contributed by atoms with Gasteiger partial charge in [-0.2, -0.15) is 0 Å². The maximum atomic E-state index is 12.3. The Morgan fingerprint density at radius 1 is 1.17 bits per heavy atom. The highest BCUT2D eigenvalue weighted by Crippen LogP contribution is 2.32. The number of H-pyrrole nitrogens is 1. The molecule has 0 aliphatic carbocycles. The van der Waals surface area contributed by atoms with Crippen molar-refractivity contribution in [3.05, 3.63) is 59.3 Å². The third kappa shape index (κ3) is 2.50. The summed E-state index contributed by atoms with van der Waals surface area (Å²) in [6.07, 6.45) is 0. The van der Waals surface area contributed by atoms with Crippen LogP contribution in [0.3, 0.4) is 0 Å². The Kier molecular flexibility index (Phi) is 3.19. The molecule has 4 rings (SSSR count). The summed E-state index contributed by atoms with van der Waals surface area (Å²) < 4.78 is 10.6. The maximum absolute atomic E-state index is 12.3. The molecule has 2 N–H and O–H groups in total. The quantitative estimate of drug-likeness (QED) is 0.781. The van der Waals surface area contributed by atoms with Crippen molar-refractivity contribution < 1.29 is 14.3 Å². The Balaban J connectivity index is 1.50. The van der Waals surface area contributed by atoms with Crippen LogP contribution in [0.15, 0.2) is 42.5 Å². The van der Waals surface area contributed by atoms with E-state index in [0.29, 0.717) is 12.2 Å². The molecule has 0 saturated carbocycles. The number of aryl methyl sites for hydroxylation is 1. The zero-order chi connectivity index (χ0) is 15.8. The molecule has 0 fully saturated rings. The highest BCUT2D eigenvalue weighted by molar-refractivity contribution is 5.98. The number of hydrogen-bond donors (Lipinski definition) is 2. The number of aromatic nitrogens is 1. The third-order valence-corrected chi connectivity index (χ3v) is 4.00. The zero-order valence-corrected chi connectivity index (χ0v) is 12.7. The molecule has 5 nitrogen and oxygen atoms in total. The average molecular weight is 308 g/mol. The van der Waals surface area contributed by atoms with Gasteiger partial charge in [0, 0.05) is 17.4 Å². The van der Waals surface area contributed by atoms with E-state index >= 15 is 0 Å². The van der Waals surface area contributed by atoms with E-state index in [1.807, 2.05) is 49.4 Å². The van der Waals surface area contributed by atoms with Crippen molar-refractivity contribution in [3.8, 4) is 11.5 Å². The smallest absolute Gasteiger partial charge is 0.267 e. The van der Waals surface area contributed by atoms with Crippen LogP contribution in [0, 0.1) is 6.92 Å². The van der Waals surface area contributed by atoms with Gasteiger partial charge < -0.3 is 19.8 Å². The van der Waals surface area contributed by atoms with Crippen LogP contribution in [0.4, 0.5) is 0 Å². The summed E-state index contributed by atoms with van der Waals surface area (Å²) in [7, 11) is 0. The molecular weight excluding hydrogens is 292 g/mol. The van der Waals surface area contributed by atoms with E-state index in [9.17, 15) is 4.79 Å². The molecule has 23 heavy (non-hydrogen) atoms. The number of nitrogens with one attached hydrogen (secondary N) is 2. The number of carbonyl (C=O) groups is 1. The Morgan fingerprint density at radius 3 is 2.91 bits per heavy atom. The molecule has 0 radical (unpaired) electrons. The first-order valence-corrected chi connectivity index (χ1v) is 7.46. The fourth-order valence-electron chi connectivity index (χ4n) is 2.76. The number of rotatable bonds is 3. The van der Waals surface area contributed by atoms with Crippen LogP contribution in [-0.4, -0.2) is 17.7 Å². The molecule has 0 bridgehead atoms. The Bertz CT molecular complexity index is 898. The van der Waals surface area contributed by atoms with E-state index in [0.717, 1.165) is 33.5 Å². The Hall–Kier alpha value is -2.95.